The molecule has 0 saturated heterocycles. The molecule has 0 amide bonds. The summed E-state index contributed by atoms with van der Waals surface area (Å²) in [6.45, 7) is 6.49. The Bertz CT molecular complexity index is 419. The van der Waals surface area contributed by atoms with Gasteiger partial charge in [0.1, 0.15) is 0 Å². The van der Waals surface area contributed by atoms with E-state index >= 15 is 0 Å². The van der Waals surface area contributed by atoms with Gasteiger partial charge in [-0.3, -0.25) is 0 Å². The molecule has 2 aliphatic carbocycles. The molecular formula is C11H17N3OS. The van der Waals surface area contributed by atoms with E-state index in [0.717, 1.165) is 12.1 Å². The monoisotopic (exact) mass is 239 g/mol. The number of hydrogen-bond donors (Lipinski definition) is 2. The largest absolute Gasteiger partial charge is 0.375 e. The van der Waals surface area contributed by atoms with E-state index in [1.54, 1.807) is 0 Å². The Morgan fingerprint density at radius 1 is 1.62 bits per heavy atom. The van der Waals surface area contributed by atoms with Crippen LogP contribution in [0, 0.1) is 23.2 Å². The van der Waals surface area contributed by atoms with E-state index in [9.17, 15) is 5.11 Å². The molecular weight excluding hydrogens is 222 g/mol. The van der Waals surface area contributed by atoms with Crippen LogP contribution in [0.5, 0.6) is 0 Å². The summed E-state index contributed by atoms with van der Waals surface area (Å²) in [4.78, 5) is 0. The van der Waals surface area contributed by atoms with Gasteiger partial charge >= 0.3 is 0 Å². The van der Waals surface area contributed by atoms with Gasteiger partial charge in [0.25, 0.3) is 0 Å². The lowest BCUT2D eigenvalue weighted by molar-refractivity contribution is -0.0850. The van der Waals surface area contributed by atoms with Gasteiger partial charge in [-0.1, -0.05) is 13.8 Å². The van der Waals surface area contributed by atoms with Crippen LogP contribution in [0.2, 0.25) is 0 Å². The van der Waals surface area contributed by atoms with Gasteiger partial charge in [0, 0.05) is 12.1 Å². The molecule has 0 aromatic carbocycles. The van der Waals surface area contributed by atoms with Crippen molar-refractivity contribution in [1.29, 1.82) is 0 Å². The van der Waals surface area contributed by atoms with E-state index in [-0.39, 0.29) is 11.0 Å². The first-order valence-corrected chi connectivity index (χ1v) is 6.08. The van der Waals surface area contributed by atoms with Crippen LogP contribution >= 0.6 is 12.2 Å². The molecule has 1 aliphatic heterocycles. The van der Waals surface area contributed by atoms with Gasteiger partial charge in [-0.2, -0.15) is 5.10 Å². The fraction of sp³-hybridized carbons (Fsp3) is 0.818. The van der Waals surface area contributed by atoms with Crippen molar-refractivity contribution in [2.24, 2.45) is 34.0 Å². The topological polar surface area (TPSA) is 61.8 Å². The average Bonchev–Trinajstić information content (AvgIpc) is 2.51. The van der Waals surface area contributed by atoms with E-state index in [0.29, 0.717) is 17.3 Å². The number of nitrogens with zero attached hydrogens (tertiary/aromatic N) is 2. The fourth-order valence-corrected chi connectivity index (χ4v) is 4.13. The number of nitrogens with two attached hydrogens (primary N) is 1. The SMILES string of the molecule is CC1=NN(C(N)=S)[C@]2(O)C[C@@H]3[C@H]([C@@H]12)C3(C)C. The number of hydrogen-bond acceptors (Lipinski definition) is 3. The summed E-state index contributed by atoms with van der Waals surface area (Å²) in [5, 5.41) is 16.6. The molecule has 0 aromatic rings. The third kappa shape index (κ3) is 0.942. The van der Waals surface area contributed by atoms with Crippen molar-refractivity contribution >= 4 is 23.0 Å². The first-order chi connectivity index (χ1) is 7.30. The Kier molecular flexibility index (Phi) is 1.70. The van der Waals surface area contributed by atoms with Crippen LogP contribution < -0.4 is 5.73 Å². The molecule has 3 rings (SSSR count). The third-order valence-electron chi connectivity index (χ3n) is 4.80. The van der Waals surface area contributed by atoms with Crippen LogP contribution in [-0.4, -0.2) is 26.7 Å². The summed E-state index contributed by atoms with van der Waals surface area (Å²) in [5.41, 5.74) is 5.97. The Hall–Kier alpha value is -0.680. The molecule has 1 heterocycles. The molecule has 4 atom stereocenters. The highest BCUT2D eigenvalue weighted by atomic mass is 32.1. The molecule has 5 heteroatoms. The highest BCUT2D eigenvalue weighted by Crippen LogP contribution is 2.73. The van der Waals surface area contributed by atoms with Crippen molar-refractivity contribution in [2.45, 2.75) is 32.9 Å². The van der Waals surface area contributed by atoms with Crippen molar-refractivity contribution < 1.29 is 5.11 Å². The minimum Gasteiger partial charge on any atom is -0.375 e. The first kappa shape index (κ1) is 10.5. The quantitative estimate of drug-likeness (QED) is 0.617. The lowest BCUT2D eigenvalue weighted by Crippen LogP contribution is -2.52. The summed E-state index contributed by atoms with van der Waals surface area (Å²) < 4.78 is 0. The van der Waals surface area contributed by atoms with Gasteiger partial charge in [-0.15, -0.1) is 0 Å². The second-order valence-electron chi connectivity index (χ2n) is 5.91. The van der Waals surface area contributed by atoms with Gasteiger partial charge in [0.2, 0.25) is 0 Å². The van der Waals surface area contributed by atoms with Crippen LogP contribution in [0.3, 0.4) is 0 Å². The predicted molar refractivity (Wildman–Crippen MR) is 65.6 cm³/mol. The second-order valence-corrected chi connectivity index (χ2v) is 6.32. The molecule has 3 N–H and O–H groups in total. The molecule has 4 nitrogen and oxygen atoms in total. The molecule has 88 valence electrons. The molecule has 16 heavy (non-hydrogen) atoms. The standard InChI is InChI=1S/C11H17N3OS/c1-5-7-8-6(10(8,2)3)4-11(7,15)14(13-5)9(12)16/h6-8,15H,4H2,1-3H3,(H2,12,16)/t6-,7-,8-,11+/m1/s1. The van der Waals surface area contributed by atoms with Gasteiger partial charge in [0.05, 0.1) is 5.92 Å². The average molecular weight is 239 g/mol. The van der Waals surface area contributed by atoms with E-state index in [1.807, 2.05) is 6.92 Å². The maximum absolute atomic E-state index is 10.7. The molecule has 3 aliphatic rings. The van der Waals surface area contributed by atoms with Gasteiger partial charge in [-0.05, 0) is 36.4 Å². The highest BCUT2D eigenvalue weighted by Gasteiger charge is 2.75. The van der Waals surface area contributed by atoms with Crippen molar-refractivity contribution in [1.82, 2.24) is 5.01 Å². The van der Waals surface area contributed by atoms with E-state index in [4.69, 9.17) is 18.0 Å². The van der Waals surface area contributed by atoms with Crippen LogP contribution in [0.15, 0.2) is 5.10 Å². The molecule has 0 bridgehead atoms. The predicted octanol–water partition coefficient (Wildman–Crippen LogP) is 0.902. The van der Waals surface area contributed by atoms with Crippen LogP contribution in [-0.2, 0) is 0 Å². The summed E-state index contributed by atoms with van der Waals surface area (Å²) in [5.74, 6) is 1.21. The molecule has 0 radical (unpaired) electrons. The van der Waals surface area contributed by atoms with Gasteiger partial charge in [-0.25, -0.2) is 5.01 Å². The number of thiocarbonyl (C=S) groups is 1. The normalized spacial score (nSPS) is 47.4. The number of hydrazone groups is 1. The molecule has 0 aromatic heterocycles. The van der Waals surface area contributed by atoms with Crippen LogP contribution in [0.4, 0.5) is 0 Å². The smallest absolute Gasteiger partial charge is 0.189 e. The Morgan fingerprint density at radius 2 is 2.25 bits per heavy atom. The first-order valence-electron chi connectivity index (χ1n) is 5.67. The number of aliphatic hydroxyl groups is 1. The van der Waals surface area contributed by atoms with Crippen molar-refractivity contribution in [3.8, 4) is 0 Å². The Morgan fingerprint density at radius 3 is 2.81 bits per heavy atom. The fourth-order valence-electron chi connectivity index (χ4n) is 3.94. The second kappa shape index (κ2) is 2.59. The number of rotatable bonds is 0. The Balaban J connectivity index is 1.99. The summed E-state index contributed by atoms with van der Waals surface area (Å²) in [7, 11) is 0. The Labute approximate surface area is 100 Å². The van der Waals surface area contributed by atoms with Crippen molar-refractivity contribution in [2.75, 3.05) is 0 Å². The summed E-state index contributed by atoms with van der Waals surface area (Å²) in [6, 6.07) is 0. The van der Waals surface area contributed by atoms with E-state index < -0.39 is 5.72 Å². The van der Waals surface area contributed by atoms with Gasteiger partial charge in [0.15, 0.2) is 10.8 Å². The van der Waals surface area contributed by atoms with E-state index in [2.05, 4.69) is 18.9 Å². The maximum atomic E-state index is 10.7. The lowest BCUT2D eigenvalue weighted by Gasteiger charge is -2.35. The minimum atomic E-state index is -0.944. The number of fused-ring (bicyclic) bond motifs is 3. The summed E-state index contributed by atoms with van der Waals surface area (Å²) >= 11 is 4.95. The maximum Gasteiger partial charge on any atom is 0.189 e. The highest BCUT2D eigenvalue weighted by molar-refractivity contribution is 7.80. The molecule has 0 spiro atoms. The van der Waals surface area contributed by atoms with Crippen molar-refractivity contribution in [3.63, 3.8) is 0 Å². The zero-order valence-electron chi connectivity index (χ0n) is 9.77. The lowest BCUT2D eigenvalue weighted by atomic mass is 9.84. The third-order valence-corrected chi connectivity index (χ3v) is 4.97. The molecule has 2 fully saturated rings. The zero-order valence-corrected chi connectivity index (χ0v) is 10.6. The molecule has 2 saturated carbocycles. The van der Waals surface area contributed by atoms with Crippen LogP contribution in [0.1, 0.15) is 27.2 Å². The van der Waals surface area contributed by atoms with Crippen molar-refractivity contribution in [3.05, 3.63) is 0 Å². The summed E-state index contributed by atoms with van der Waals surface area (Å²) in [6.07, 6.45) is 0.730. The van der Waals surface area contributed by atoms with Gasteiger partial charge < -0.3 is 10.8 Å². The minimum absolute atomic E-state index is 0.106. The van der Waals surface area contributed by atoms with E-state index in [1.165, 1.54) is 5.01 Å². The van der Waals surface area contributed by atoms with Crippen LogP contribution in [0.25, 0.3) is 0 Å². The molecule has 0 unspecified atom stereocenters. The zero-order chi connectivity index (χ0) is 11.9.